The Kier molecular flexibility index (Phi) is 3.04. The van der Waals surface area contributed by atoms with E-state index in [1.807, 2.05) is 31.3 Å². The highest BCUT2D eigenvalue weighted by atomic mass is 16.5. The summed E-state index contributed by atoms with van der Waals surface area (Å²) in [4.78, 5) is 19.9. The van der Waals surface area contributed by atoms with Crippen molar-refractivity contribution < 1.29 is 19.4 Å². The Morgan fingerprint density at radius 1 is 1.30 bits per heavy atom. The summed E-state index contributed by atoms with van der Waals surface area (Å²) in [5, 5.41) is 17.0. The summed E-state index contributed by atoms with van der Waals surface area (Å²) in [6.07, 6.45) is 1.47. The number of benzene rings is 2. The Labute approximate surface area is 190 Å². The van der Waals surface area contributed by atoms with E-state index in [-0.39, 0.29) is 11.9 Å². The van der Waals surface area contributed by atoms with Gasteiger partial charge in [-0.3, -0.25) is 4.79 Å². The Morgan fingerprint density at radius 3 is 3.03 bits per heavy atom. The van der Waals surface area contributed by atoms with Crippen LogP contribution in [0, 0.1) is 0 Å². The molecule has 8 rings (SSSR count). The van der Waals surface area contributed by atoms with Gasteiger partial charge < -0.3 is 24.8 Å². The minimum absolute atomic E-state index is 0.0281. The number of nitrogens with one attached hydrogen (secondary N) is 1. The lowest BCUT2D eigenvalue weighted by molar-refractivity contribution is -0.134. The molecule has 7 nitrogen and oxygen atoms in total. The van der Waals surface area contributed by atoms with Gasteiger partial charge in [-0.15, -0.1) is 0 Å². The molecule has 1 aromatic heterocycles. The van der Waals surface area contributed by atoms with Crippen molar-refractivity contribution in [2.24, 2.45) is 0 Å². The summed E-state index contributed by atoms with van der Waals surface area (Å²) in [6, 6.07) is 9.70. The summed E-state index contributed by atoms with van der Waals surface area (Å²) in [5.74, 6) is 1.40. The van der Waals surface area contributed by atoms with Crippen LogP contribution in [0.2, 0.25) is 0 Å². The summed E-state index contributed by atoms with van der Waals surface area (Å²) in [7, 11) is 3.47. The van der Waals surface area contributed by atoms with Crippen molar-refractivity contribution in [2.45, 2.75) is 42.4 Å². The zero-order valence-electron chi connectivity index (χ0n) is 18.4. The van der Waals surface area contributed by atoms with Gasteiger partial charge in [-0.05, 0) is 43.1 Å². The first kappa shape index (κ1) is 18.3. The van der Waals surface area contributed by atoms with E-state index >= 15 is 0 Å². The molecule has 3 aromatic rings. The number of aliphatic hydroxyl groups is 1. The van der Waals surface area contributed by atoms with E-state index in [4.69, 9.17) is 14.5 Å². The van der Waals surface area contributed by atoms with Gasteiger partial charge in [0.15, 0.2) is 17.6 Å². The van der Waals surface area contributed by atoms with Gasteiger partial charge in [-0.2, -0.15) is 0 Å². The highest BCUT2D eigenvalue weighted by Crippen LogP contribution is 2.68. The van der Waals surface area contributed by atoms with Gasteiger partial charge >= 0.3 is 0 Å². The number of nitrogens with zero attached hydrogens (tertiary/aromatic N) is 2. The number of hydrogen-bond donors (Lipinski definition) is 2. The van der Waals surface area contributed by atoms with E-state index in [0.29, 0.717) is 17.7 Å². The molecule has 33 heavy (non-hydrogen) atoms. The number of amides is 1. The lowest BCUT2D eigenvalue weighted by atomic mass is 9.49. The summed E-state index contributed by atoms with van der Waals surface area (Å²) in [6.45, 7) is 0.807. The van der Waals surface area contributed by atoms with E-state index in [0.717, 1.165) is 58.5 Å². The molecule has 1 fully saturated rings. The molecule has 0 radical (unpaired) electrons. The van der Waals surface area contributed by atoms with Crippen LogP contribution in [-0.2, 0) is 18.3 Å². The average Bonchev–Trinajstić information content (AvgIpc) is 3.28. The van der Waals surface area contributed by atoms with E-state index in [1.54, 1.807) is 12.0 Å². The summed E-state index contributed by atoms with van der Waals surface area (Å²) >= 11 is 0. The second kappa shape index (κ2) is 5.48. The number of aromatic nitrogens is 1. The Balaban J connectivity index is 1.50. The molecule has 2 aliphatic carbocycles. The molecule has 4 heterocycles. The molecule has 2 N–H and O–H groups in total. The molecule has 166 valence electrons. The number of anilines is 1. The molecule has 2 aromatic carbocycles. The zero-order valence-corrected chi connectivity index (χ0v) is 18.4. The first-order valence-corrected chi connectivity index (χ1v) is 11.6. The van der Waals surface area contributed by atoms with Crippen LogP contribution in [0.1, 0.15) is 45.3 Å². The Morgan fingerprint density at radius 2 is 2.18 bits per heavy atom. The molecule has 5 aliphatic rings. The number of methoxy groups -OCH3 is 1. The van der Waals surface area contributed by atoms with E-state index < -0.39 is 17.1 Å². The molecule has 1 spiro atoms. The molecule has 3 aliphatic heterocycles. The number of ether oxygens (including phenoxy) is 2. The first-order chi connectivity index (χ1) is 16.0. The highest BCUT2D eigenvalue weighted by molar-refractivity contribution is 6.25. The molecule has 2 bridgehead atoms. The molecule has 2 unspecified atom stereocenters. The maximum absolute atomic E-state index is 13.1. The molecular formula is C26H23N3O4. The average molecular weight is 441 g/mol. The maximum Gasteiger partial charge on any atom is 0.258 e. The largest absolute Gasteiger partial charge is 0.493 e. The van der Waals surface area contributed by atoms with Crippen LogP contribution in [0.25, 0.3) is 10.9 Å². The van der Waals surface area contributed by atoms with Gasteiger partial charge in [-0.1, -0.05) is 12.1 Å². The SMILES string of the molecule is COc1ccc2c3c1OC1c4nc5cccc6c5c(c4CC4(O)[C@H](C2)NCC[C@]314)N(C)C6=O. The van der Waals surface area contributed by atoms with Crippen LogP contribution in [0.3, 0.4) is 0 Å². The molecule has 0 saturated carbocycles. The second-order valence-corrected chi connectivity index (χ2v) is 10.1. The van der Waals surface area contributed by atoms with Gasteiger partial charge in [0.05, 0.1) is 40.6 Å². The minimum Gasteiger partial charge on any atom is -0.493 e. The minimum atomic E-state index is -1.05. The van der Waals surface area contributed by atoms with E-state index in [2.05, 4.69) is 11.4 Å². The number of hydrogen-bond acceptors (Lipinski definition) is 6. The highest BCUT2D eigenvalue weighted by Gasteiger charge is 2.72. The fourth-order valence-corrected chi connectivity index (χ4v) is 7.60. The number of piperidine rings is 1. The molecule has 4 atom stereocenters. The fourth-order valence-electron chi connectivity index (χ4n) is 7.60. The number of fused-ring (bicyclic) bond motifs is 3. The number of carbonyl (C=O) groups is 1. The van der Waals surface area contributed by atoms with Gasteiger partial charge in [-0.25, -0.2) is 4.98 Å². The van der Waals surface area contributed by atoms with Crippen LogP contribution in [-0.4, -0.2) is 48.3 Å². The van der Waals surface area contributed by atoms with Crippen LogP contribution < -0.4 is 19.7 Å². The Hall–Kier alpha value is -3.16. The van der Waals surface area contributed by atoms with Crippen LogP contribution in [0.5, 0.6) is 11.5 Å². The van der Waals surface area contributed by atoms with Crippen LogP contribution >= 0.6 is 0 Å². The number of pyridine rings is 1. The second-order valence-electron chi connectivity index (χ2n) is 10.1. The van der Waals surface area contributed by atoms with E-state index in [1.165, 1.54) is 5.56 Å². The number of rotatable bonds is 1. The third-order valence-electron chi connectivity index (χ3n) is 8.92. The number of carbonyl (C=O) groups excluding carboxylic acids is 1. The van der Waals surface area contributed by atoms with Crippen molar-refractivity contribution in [1.29, 1.82) is 0 Å². The van der Waals surface area contributed by atoms with Crippen LogP contribution in [0.4, 0.5) is 5.69 Å². The van der Waals surface area contributed by atoms with Crippen molar-refractivity contribution in [3.63, 3.8) is 0 Å². The molecular weight excluding hydrogens is 418 g/mol. The van der Waals surface area contributed by atoms with Gasteiger partial charge in [0.1, 0.15) is 0 Å². The van der Waals surface area contributed by atoms with Crippen molar-refractivity contribution in [3.05, 3.63) is 58.3 Å². The van der Waals surface area contributed by atoms with E-state index in [9.17, 15) is 9.90 Å². The normalized spacial score (nSPS) is 32.0. The smallest absolute Gasteiger partial charge is 0.258 e. The Bertz CT molecular complexity index is 1450. The predicted molar refractivity (Wildman–Crippen MR) is 121 cm³/mol. The topological polar surface area (TPSA) is 83.9 Å². The standard InChI is InChI=1S/C26H23N3O4/c1-29-21-14-11-26(31)17-10-12-6-7-16(32-2)22-19(12)25(26,8-9-27-17)23(33-22)20(14)28-15-5-3-4-13(18(15)21)24(29)30/h3-7,17,23,27,31H,8-11H2,1-2H3/t17-,23?,25-,26?/m0/s1. The van der Waals surface area contributed by atoms with Gasteiger partial charge in [0.25, 0.3) is 5.91 Å². The summed E-state index contributed by atoms with van der Waals surface area (Å²) in [5.41, 5.74) is 4.76. The van der Waals surface area contributed by atoms with Crippen molar-refractivity contribution >= 4 is 22.5 Å². The lowest BCUT2D eigenvalue weighted by Gasteiger charge is -2.60. The molecule has 1 saturated heterocycles. The van der Waals surface area contributed by atoms with Crippen molar-refractivity contribution in [1.82, 2.24) is 10.3 Å². The monoisotopic (exact) mass is 441 g/mol. The van der Waals surface area contributed by atoms with Gasteiger partial charge in [0.2, 0.25) is 0 Å². The third-order valence-corrected chi connectivity index (χ3v) is 8.92. The predicted octanol–water partition coefficient (Wildman–Crippen LogP) is 2.41. The zero-order chi connectivity index (χ0) is 22.3. The quantitative estimate of drug-likeness (QED) is 0.604. The summed E-state index contributed by atoms with van der Waals surface area (Å²) < 4.78 is 12.4. The molecule has 1 amide bonds. The first-order valence-electron chi connectivity index (χ1n) is 11.6. The maximum atomic E-state index is 13.1. The van der Waals surface area contributed by atoms with Crippen molar-refractivity contribution in [2.75, 3.05) is 25.6 Å². The molecule has 7 heteroatoms. The fraction of sp³-hybridized carbons (Fsp3) is 0.385. The lowest BCUT2D eigenvalue weighted by Crippen LogP contribution is -2.74. The van der Waals surface area contributed by atoms with Crippen LogP contribution in [0.15, 0.2) is 30.3 Å². The van der Waals surface area contributed by atoms with Gasteiger partial charge in [0, 0.05) is 36.0 Å². The van der Waals surface area contributed by atoms with Crippen molar-refractivity contribution in [3.8, 4) is 11.5 Å². The third kappa shape index (κ3) is 1.75.